The molecule has 0 heterocycles. The van der Waals surface area contributed by atoms with Crippen molar-refractivity contribution in [2.75, 3.05) is 13.2 Å². The van der Waals surface area contributed by atoms with Crippen LogP contribution in [0.2, 0.25) is 0 Å². The molecule has 0 spiro atoms. The van der Waals surface area contributed by atoms with Crippen molar-refractivity contribution >= 4 is 17.9 Å². The molecule has 404 valence electrons. The largest absolute Gasteiger partial charge is 0.462 e. The Morgan fingerprint density at radius 1 is 0.288 bits per heavy atom. The summed E-state index contributed by atoms with van der Waals surface area (Å²) >= 11 is 0. The van der Waals surface area contributed by atoms with E-state index >= 15 is 0 Å². The summed E-state index contributed by atoms with van der Waals surface area (Å²) in [5, 5.41) is 0. The van der Waals surface area contributed by atoms with Gasteiger partial charge in [0.05, 0.1) is 0 Å². The zero-order chi connectivity index (χ0) is 52.9. The fourth-order valence-corrected chi connectivity index (χ4v) is 6.72. The fraction of sp³-hybridized carbons (Fsp3) is 0.507. The number of hydrogen-bond donors (Lipinski definition) is 0. The summed E-state index contributed by atoms with van der Waals surface area (Å²) in [6.45, 7) is 6.21. The van der Waals surface area contributed by atoms with E-state index in [2.05, 4.69) is 191 Å². The van der Waals surface area contributed by atoms with E-state index in [4.69, 9.17) is 14.2 Å². The van der Waals surface area contributed by atoms with E-state index < -0.39 is 12.1 Å². The summed E-state index contributed by atoms with van der Waals surface area (Å²) < 4.78 is 16.7. The molecule has 0 saturated carbocycles. The highest BCUT2D eigenvalue weighted by Crippen LogP contribution is 2.10. The summed E-state index contributed by atoms with van der Waals surface area (Å²) in [7, 11) is 0. The van der Waals surface area contributed by atoms with Crippen molar-refractivity contribution in [2.24, 2.45) is 0 Å². The number of unbranched alkanes of at least 4 members (excludes halogenated alkanes) is 7. The maximum Gasteiger partial charge on any atom is 0.306 e. The van der Waals surface area contributed by atoms with Gasteiger partial charge in [0.15, 0.2) is 6.10 Å². The molecule has 6 nitrogen and oxygen atoms in total. The van der Waals surface area contributed by atoms with E-state index in [0.29, 0.717) is 12.8 Å². The molecule has 0 aliphatic carbocycles. The van der Waals surface area contributed by atoms with Gasteiger partial charge in [-0.1, -0.05) is 222 Å². The van der Waals surface area contributed by atoms with Gasteiger partial charge in [0.1, 0.15) is 13.2 Å². The van der Waals surface area contributed by atoms with Crippen LogP contribution >= 0.6 is 0 Å². The van der Waals surface area contributed by atoms with Gasteiger partial charge in [0.25, 0.3) is 0 Å². The van der Waals surface area contributed by atoms with E-state index in [9.17, 15) is 14.4 Å². The zero-order valence-electron chi connectivity index (χ0n) is 46.1. The molecule has 0 amide bonds. The van der Waals surface area contributed by atoms with Crippen molar-refractivity contribution in [3.05, 3.63) is 182 Å². The molecule has 0 fully saturated rings. The third-order valence-corrected chi connectivity index (χ3v) is 10.9. The van der Waals surface area contributed by atoms with E-state index in [-0.39, 0.29) is 44.4 Å². The van der Waals surface area contributed by atoms with Crippen molar-refractivity contribution in [3.8, 4) is 0 Å². The van der Waals surface area contributed by atoms with Crippen LogP contribution in [-0.2, 0) is 28.6 Å². The molecule has 0 aromatic carbocycles. The Labute approximate surface area is 446 Å². The lowest BCUT2D eigenvalue weighted by Crippen LogP contribution is -2.30. The van der Waals surface area contributed by atoms with Gasteiger partial charge in [-0.2, -0.15) is 0 Å². The maximum atomic E-state index is 12.8. The summed E-state index contributed by atoms with van der Waals surface area (Å²) in [6, 6.07) is 0. The highest BCUT2D eigenvalue weighted by molar-refractivity contribution is 5.71. The monoisotopic (exact) mass is 1000 g/mol. The van der Waals surface area contributed by atoms with E-state index in [1.54, 1.807) is 0 Å². The number of carbonyl (C=O) groups is 3. The lowest BCUT2D eigenvalue weighted by atomic mass is 10.1. The first-order chi connectivity index (χ1) is 36.0. The number of allylic oxidation sites excluding steroid dienone is 30. The van der Waals surface area contributed by atoms with Crippen molar-refractivity contribution in [1.82, 2.24) is 0 Å². The van der Waals surface area contributed by atoms with Crippen LogP contribution in [0.4, 0.5) is 0 Å². The van der Waals surface area contributed by atoms with Crippen molar-refractivity contribution < 1.29 is 28.6 Å². The molecule has 1 atom stereocenters. The Bertz CT molecular complexity index is 1770. The first-order valence-electron chi connectivity index (χ1n) is 28.3. The molecular weight excluding hydrogens is 901 g/mol. The third-order valence-electron chi connectivity index (χ3n) is 10.9. The Hall–Kier alpha value is -5.49. The Morgan fingerprint density at radius 3 is 0.932 bits per heavy atom. The molecule has 6 heteroatoms. The fourth-order valence-electron chi connectivity index (χ4n) is 6.72. The Kier molecular flexibility index (Phi) is 54.6. The molecule has 0 aliphatic heterocycles. The second-order valence-electron chi connectivity index (χ2n) is 17.7. The van der Waals surface area contributed by atoms with Gasteiger partial charge in [0.2, 0.25) is 0 Å². The minimum atomic E-state index is -0.863. The summed E-state index contributed by atoms with van der Waals surface area (Å²) in [4.78, 5) is 38.1. The van der Waals surface area contributed by atoms with Gasteiger partial charge in [-0.25, -0.2) is 0 Å². The van der Waals surface area contributed by atoms with Crippen LogP contribution < -0.4 is 0 Å². The van der Waals surface area contributed by atoms with Gasteiger partial charge < -0.3 is 14.2 Å². The van der Waals surface area contributed by atoms with Gasteiger partial charge >= 0.3 is 17.9 Å². The number of esters is 3. The van der Waals surface area contributed by atoms with Crippen LogP contribution in [0.3, 0.4) is 0 Å². The number of carbonyl (C=O) groups excluding carboxylic acids is 3. The quantitative estimate of drug-likeness (QED) is 0.0262. The van der Waals surface area contributed by atoms with Crippen LogP contribution in [0.1, 0.15) is 201 Å². The van der Waals surface area contributed by atoms with Gasteiger partial charge in [-0.15, -0.1) is 0 Å². The van der Waals surface area contributed by atoms with Crippen LogP contribution in [-0.4, -0.2) is 37.2 Å². The smallest absolute Gasteiger partial charge is 0.306 e. The molecule has 0 rings (SSSR count). The normalized spacial score (nSPS) is 13.5. The number of rotatable bonds is 48. The molecule has 0 N–H and O–H groups in total. The lowest BCUT2D eigenvalue weighted by Gasteiger charge is -2.18. The first kappa shape index (κ1) is 67.5. The first-order valence-corrected chi connectivity index (χ1v) is 28.3. The average molecular weight is 1000 g/mol. The van der Waals surface area contributed by atoms with Gasteiger partial charge in [0, 0.05) is 19.3 Å². The molecular formula is C67H100O6. The second-order valence-corrected chi connectivity index (χ2v) is 17.7. The molecule has 0 radical (unpaired) electrons. The predicted molar refractivity (Wildman–Crippen MR) is 315 cm³/mol. The topological polar surface area (TPSA) is 78.9 Å². The number of ether oxygens (including phenoxy) is 3. The van der Waals surface area contributed by atoms with Crippen LogP contribution in [0.25, 0.3) is 0 Å². The van der Waals surface area contributed by atoms with Crippen LogP contribution in [0.15, 0.2) is 182 Å². The lowest BCUT2D eigenvalue weighted by molar-refractivity contribution is -0.166. The molecule has 0 bridgehead atoms. The summed E-state index contributed by atoms with van der Waals surface area (Å²) in [6.07, 6.45) is 88.9. The molecule has 73 heavy (non-hydrogen) atoms. The third kappa shape index (κ3) is 57.3. The van der Waals surface area contributed by atoms with Crippen molar-refractivity contribution in [3.63, 3.8) is 0 Å². The Morgan fingerprint density at radius 2 is 0.575 bits per heavy atom. The van der Waals surface area contributed by atoms with Crippen molar-refractivity contribution in [2.45, 2.75) is 207 Å². The number of hydrogen-bond acceptors (Lipinski definition) is 6. The maximum absolute atomic E-state index is 12.8. The molecule has 0 aromatic rings. The second kappa shape index (κ2) is 59.1. The SMILES string of the molecule is CC/C=C\C/C=C\C/C=C\C/C=C\C/C=C\C/C=C\CCC(=O)OC[C@H](COC(=O)CCCCC/C=C\C/C=C\C/C=C\C/C=C\C/C=C\CC)OC(=O)CCC/C=C\C/C=C\C/C=C\C/C=C\CCCCC. The van der Waals surface area contributed by atoms with Crippen molar-refractivity contribution in [1.29, 1.82) is 0 Å². The summed E-state index contributed by atoms with van der Waals surface area (Å²) in [5.41, 5.74) is 0. The molecule has 0 unspecified atom stereocenters. The van der Waals surface area contributed by atoms with E-state index in [1.165, 1.54) is 25.7 Å². The average Bonchev–Trinajstić information content (AvgIpc) is 3.39. The minimum Gasteiger partial charge on any atom is -0.462 e. The highest BCUT2D eigenvalue weighted by Gasteiger charge is 2.19. The highest BCUT2D eigenvalue weighted by atomic mass is 16.6. The van der Waals surface area contributed by atoms with Gasteiger partial charge in [-0.3, -0.25) is 14.4 Å². The minimum absolute atomic E-state index is 0.151. The predicted octanol–water partition coefficient (Wildman–Crippen LogP) is 19.3. The Balaban J connectivity index is 4.69. The van der Waals surface area contributed by atoms with E-state index in [1.807, 2.05) is 12.2 Å². The summed E-state index contributed by atoms with van der Waals surface area (Å²) in [5.74, 6) is -1.14. The van der Waals surface area contributed by atoms with Crippen LogP contribution in [0, 0.1) is 0 Å². The molecule has 0 saturated heterocycles. The van der Waals surface area contributed by atoms with Crippen LogP contribution in [0.5, 0.6) is 0 Å². The van der Waals surface area contributed by atoms with Gasteiger partial charge in [-0.05, 0) is 141 Å². The standard InChI is InChI=1S/C67H100O6/c1-4-7-10-13-16-19-22-25-28-31-33-36-38-41-44-47-50-53-56-59-65(68)71-62-64(73-67(70)61-58-55-52-49-46-43-40-35-30-27-24-21-18-15-12-9-6-3)63-72-66(69)60-57-54-51-48-45-42-39-37-34-32-29-26-23-20-17-14-11-8-5-2/h7-8,10-11,16-21,25-30,33-34,36-37,40-45,49-50,52-53,64H,4-6,9,12-15,22-24,31-32,35,38-39,46-48,51,54-63H2,1-3H3/b10-7-,11-8-,19-16-,20-17-,21-18-,28-25-,29-26-,30-27-,36-33-,37-34-,43-40-,44-41-,45-42-,52-49-,53-50-/t64-/m1/s1. The zero-order valence-corrected chi connectivity index (χ0v) is 46.1. The van der Waals surface area contributed by atoms with E-state index in [0.717, 1.165) is 122 Å². The molecule has 0 aromatic heterocycles. The molecule has 0 aliphatic rings.